The van der Waals surface area contributed by atoms with Crippen molar-refractivity contribution in [1.82, 2.24) is 0 Å². The molecule has 2 rings (SSSR count). The maximum absolute atomic E-state index is 12.2. The van der Waals surface area contributed by atoms with E-state index in [9.17, 15) is 4.79 Å². The van der Waals surface area contributed by atoms with Crippen molar-refractivity contribution in [2.45, 2.75) is 45.6 Å². The quantitative estimate of drug-likeness (QED) is 0.872. The van der Waals surface area contributed by atoms with Crippen molar-refractivity contribution in [3.05, 3.63) is 29.8 Å². The van der Waals surface area contributed by atoms with Crippen LogP contribution in [0.5, 0.6) is 0 Å². The van der Waals surface area contributed by atoms with Crippen molar-refractivity contribution in [2.24, 2.45) is 17.6 Å². The molecule has 0 radical (unpaired) electrons. The monoisotopic (exact) mass is 260 g/mol. The molecule has 1 aromatic carbocycles. The van der Waals surface area contributed by atoms with Gasteiger partial charge in [-0.2, -0.15) is 0 Å². The highest BCUT2D eigenvalue weighted by molar-refractivity contribution is 5.92. The molecular weight excluding hydrogens is 236 g/mol. The maximum Gasteiger partial charge on any atom is 0.227 e. The van der Waals surface area contributed by atoms with Crippen LogP contribution in [0.25, 0.3) is 0 Å². The molecule has 3 nitrogen and oxygen atoms in total. The lowest BCUT2D eigenvalue weighted by Crippen LogP contribution is -2.27. The zero-order valence-electron chi connectivity index (χ0n) is 11.7. The molecule has 0 heterocycles. The largest absolute Gasteiger partial charge is 0.326 e. The van der Waals surface area contributed by atoms with Gasteiger partial charge < -0.3 is 11.1 Å². The summed E-state index contributed by atoms with van der Waals surface area (Å²) in [6.07, 6.45) is 5.70. The number of hydrogen-bond donors (Lipinski definition) is 2. The van der Waals surface area contributed by atoms with Gasteiger partial charge in [-0.3, -0.25) is 4.79 Å². The Morgan fingerprint density at radius 3 is 2.37 bits per heavy atom. The van der Waals surface area contributed by atoms with Crippen LogP contribution in [0.1, 0.15) is 44.6 Å². The van der Waals surface area contributed by atoms with Gasteiger partial charge in [-0.05, 0) is 49.3 Å². The number of carbonyl (C=O) groups is 1. The molecule has 0 saturated heterocycles. The van der Waals surface area contributed by atoms with Crippen molar-refractivity contribution in [3.63, 3.8) is 0 Å². The van der Waals surface area contributed by atoms with Gasteiger partial charge in [-0.25, -0.2) is 0 Å². The summed E-state index contributed by atoms with van der Waals surface area (Å²) in [6, 6.07) is 7.78. The lowest BCUT2D eigenvalue weighted by atomic mass is 9.80. The molecule has 19 heavy (non-hydrogen) atoms. The van der Waals surface area contributed by atoms with Gasteiger partial charge in [-0.15, -0.1) is 0 Å². The number of rotatable bonds is 4. The van der Waals surface area contributed by atoms with Gasteiger partial charge in [0.15, 0.2) is 0 Å². The lowest BCUT2D eigenvalue weighted by Gasteiger charge is -2.26. The minimum Gasteiger partial charge on any atom is -0.326 e. The van der Waals surface area contributed by atoms with Crippen LogP contribution in [-0.4, -0.2) is 5.91 Å². The third kappa shape index (κ3) is 3.80. The first kappa shape index (κ1) is 14.1. The number of nitrogens with one attached hydrogen (secondary N) is 1. The van der Waals surface area contributed by atoms with Crippen LogP contribution in [0, 0.1) is 11.8 Å². The molecule has 3 N–H and O–H groups in total. The van der Waals surface area contributed by atoms with E-state index < -0.39 is 0 Å². The van der Waals surface area contributed by atoms with E-state index in [2.05, 4.69) is 12.2 Å². The highest BCUT2D eigenvalue weighted by Crippen LogP contribution is 2.31. The summed E-state index contributed by atoms with van der Waals surface area (Å²) in [5, 5.41) is 3.02. The first-order chi connectivity index (χ1) is 9.22. The van der Waals surface area contributed by atoms with Crippen molar-refractivity contribution in [2.75, 3.05) is 5.32 Å². The molecule has 1 aromatic rings. The Bertz CT molecular complexity index is 405. The first-order valence-electron chi connectivity index (χ1n) is 7.32. The van der Waals surface area contributed by atoms with E-state index in [4.69, 9.17) is 5.73 Å². The number of anilines is 1. The Hall–Kier alpha value is -1.35. The number of hydrogen-bond acceptors (Lipinski definition) is 2. The highest BCUT2D eigenvalue weighted by atomic mass is 16.1. The van der Waals surface area contributed by atoms with Gasteiger partial charge in [0.25, 0.3) is 0 Å². The Kier molecular flexibility index (Phi) is 4.97. The molecule has 1 amide bonds. The summed E-state index contributed by atoms with van der Waals surface area (Å²) in [6.45, 7) is 2.78. The van der Waals surface area contributed by atoms with Crippen LogP contribution in [0.2, 0.25) is 0 Å². The summed E-state index contributed by atoms with van der Waals surface area (Å²) in [7, 11) is 0. The number of nitrogens with two attached hydrogens (primary N) is 1. The van der Waals surface area contributed by atoms with E-state index in [1.165, 1.54) is 19.3 Å². The summed E-state index contributed by atoms with van der Waals surface area (Å²) in [5.41, 5.74) is 7.52. The standard InChI is InChI=1S/C16H24N2O/c1-2-12-3-7-14(8-4-12)16(19)18-15-9-5-13(11-17)6-10-15/h5-6,9-10,12,14H,2-4,7-8,11,17H2,1H3,(H,18,19). The van der Waals surface area contributed by atoms with E-state index in [-0.39, 0.29) is 11.8 Å². The van der Waals surface area contributed by atoms with Crippen LogP contribution in [0.3, 0.4) is 0 Å². The summed E-state index contributed by atoms with van der Waals surface area (Å²) >= 11 is 0. The van der Waals surface area contributed by atoms with Crippen molar-refractivity contribution in [3.8, 4) is 0 Å². The summed E-state index contributed by atoms with van der Waals surface area (Å²) < 4.78 is 0. The third-order valence-electron chi connectivity index (χ3n) is 4.25. The molecule has 104 valence electrons. The lowest BCUT2D eigenvalue weighted by molar-refractivity contribution is -0.121. The molecule has 1 fully saturated rings. The van der Waals surface area contributed by atoms with Gasteiger partial charge >= 0.3 is 0 Å². The van der Waals surface area contributed by atoms with E-state index in [1.807, 2.05) is 24.3 Å². The van der Waals surface area contributed by atoms with Gasteiger partial charge in [0.1, 0.15) is 0 Å². The fraction of sp³-hybridized carbons (Fsp3) is 0.562. The van der Waals surface area contributed by atoms with Crippen molar-refractivity contribution in [1.29, 1.82) is 0 Å². The minimum absolute atomic E-state index is 0.176. The van der Waals surface area contributed by atoms with Gasteiger partial charge in [0.05, 0.1) is 0 Å². The molecule has 0 bridgehead atoms. The number of amides is 1. The minimum atomic E-state index is 0.176. The SMILES string of the molecule is CCC1CCC(C(=O)Nc2ccc(CN)cc2)CC1. The first-order valence-corrected chi connectivity index (χ1v) is 7.32. The Balaban J connectivity index is 1.86. The van der Waals surface area contributed by atoms with E-state index in [1.54, 1.807) is 0 Å². The predicted octanol–water partition coefficient (Wildman–Crippen LogP) is 3.30. The van der Waals surface area contributed by atoms with Crippen LogP contribution in [-0.2, 0) is 11.3 Å². The fourth-order valence-electron chi connectivity index (χ4n) is 2.80. The summed E-state index contributed by atoms with van der Waals surface area (Å²) in [5.74, 6) is 1.19. The number of benzene rings is 1. The zero-order valence-corrected chi connectivity index (χ0v) is 11.7. The Morgan fingerprint density at radius 1 is 1.21 bits per heavy atom. The van der Waals surface area contributed by atoms with Crippen molar-refractivity contribution >= 4 is 11.6 Å². The van der Waals surface area contributed by atoms with Gasteiger partial charge in [0, 0.05) is 18.2 Å². The highest BCUT2D eigenvalue weighted by Gasteiger charge is 2.25. The molecular formula is C16H24N2O. The molecule has 3 heteroatoms. The Labute approximate surface area is 115 Å². The van der Waals surface area contributed by atoms with Crippen molar-refractivity contribution < 1.29 is 4.79 Å². The zero-order chi connectivity index (χ0) is 13.7. The van der Waals surface area contributed by atoms with Crippen LogP contribution in [0.4, 0.5) is 5.69 Å². The molecule has 0 spiro atoms. The average Bonchev–Trinajstić information content (AvgIpc) is 2.48. The maximum atomic E-state index is 12.2. The van der Waals surface area contributed by atoms with Gasteiger partial charge in [-0.1, -0.05) is 25.5 Å². The second-order valence-corrected chi connectivity index (χ2v) is 5.52. The molecule has 0 aromatic heterocycles. The van der Waals surface area contributed by atoms with E-state index >= 15 is 0 Å². The average molecular weight is 260 g/mol. The van der Waals surface area contributed by atoms with Crippen LogP contribution >= 0.6 is 0 Å². The fourth-order valence-corrected chi connectivity index (χ4v) is 2.80. The Morgan fingerprint density at radius 2 is 1.84 bits per heavy atom. The normalized spacial score (nSPS) is 23.1. The molecule has 0 aliphatic heterocycles. The molecule has 1 saturated carbocycles. The molecule has 0 atom stereocenters. The smallest absolute Gasteiger partial charge is 0.227 e. The van der Waals surface area contributed by atoms with Crippen LogP contribution in [0.15, 0.2) is 24.3 Å². The van der Waals surface area contributed by atoms with Gasteiger partial charge in [0.2, 0.25) is 5.91 Å². The van der Waals surface area contributed by atoms with E-state index in [0.29, 0.717) is 6.54 Å². The topological polar surface area (TPSA) is 55.1 Å². The second kappa shape index (κ2) is 6.71. The van der Waals surface area contributed by atoms with Crippen LogP contribution < -0.4 is 11.1 Å². The second-order valence-electron chi connectivity index (χ2n) is 5.52. The van der Waals surface area contributed by atoms with E-state index in [0.717, 1.165) is 30.0 Å². The molecule has 1 aliphatic carbocycles. The predicted molar refractivity (Wildman–Crippen MR) is 78.7 cm³/mol. The summed E-state index contributed by atoms with van der Waals surface area (Å²) in [4.78, 5) is 12.2. The molecule has 0 unspecified atom stereocenters. The third-order valence-corrected chi connectivity index (χ3v) is 4.25. The number of carbonyl (C=O) groups excluding carboxylic acids is 1. The molecule has 1 aliphatic rings.